The van der Waals surface area contributed by atoms with Crippen molar-refractivity contribution < 1.29 is 4.42 Å². The Hall–Kier alpha value is -2.80. The van der Waals surface area contributed by atoms with Crippen LogP contribution in [0.25, 0.3) is 0 Å². The topological polar surface area (TPSA) is 41.3 Å². The summed E-state index contributed by atoms with van der Waals surface area (Å²) in [6.07, 6.45) is 1.81. The number of nitrogens with one attached hydrogen (secondary N) is 1. The highest BCUT2D eigenvalue weighted by molar-refractivity contribution is 7.99. The number of pyridine rings is 1. The van der Waals surface area contributed by atoms with Gasteiger partial charge in [0.2, 0.25) is 0 Å². The van der Waals surface area contributed by atoms with E-state index in [1.54, 1.807) is 18.0 Å². The molecule has 0 radical (unpaired) electrons. The number of furan rings is 1. The van der Waals surface area contributed by atoms with E-state index < -0.39 is 0 Å². The molecule has 2 aromatic carbocycles. The van der Waals surface area contributed by atoms with Gasteiger partial charge in [-0.05, 0) is 66.3 Å². The molecule has 32 heavy (non-hydrogen) atoms. The molecule has 0 bridgehead atoms. The summed E-state index contributed by atoms with van der Waals surface area (Å²) in [4.78, 5) is 7.83. The number of rotatable bonds is 6. The predicted octanol–water partition coefficient (Wildman–Crippen LogP) is 6.65. The fourth-order valence-electron chi connectivity index (χ4n) is 3.83. The van der Waals surface area contributed by atoms with E-state index in [2.05, 4.69) is 27.3 Å². The van der Waals surface area contributed by atoms with Gasteiger partial charge < -0.3 is 14.6 Å². The van der Waals surface area contributed by atoms with Crippen LogP contribution in [0.1, 0.15) is 29.1 Å². The summed E-state index contributed by atoms with van der Waals surface area (Å²) in [7, 11) is 0. The summed E-state index contributed by atoms with van der Waals surface area (Å²) in [5.41, 5.74) is 2.12. The molecular formula is C25H20ClN3OS2. The van der Waals surface area contributed by atoms with Crippen LogP contribution in [-0.4, -0.2) is 15.0 Å². The lowest BCUT2D eigenvalue weighted by molar-refractivity contribution is 0.254. The minimum absolute atomic E-state index is 0.105. The Balaban J connectivity index is 1.47. The van der Waals surface area contributed by atoms with Crippen LogP contribution in [-0.2, 0) is 6.54 Å². The quantitative estimate of drug-likeness (QED) is 0.313. The first-order chi connectivity index (χ1) is 15.7. The first-order valence-electron chi connectivity index (χ1n) is 10.2. The second kappa shape index (κ2) is 9.36. The van der Waals surface area contributed by atoms with Crippen LogP contribution < -0.4 is 5.32 Å². The Kier molecular flexibility index (Phi) is 6.17. The Labute approximate surface area is 201 Å². The molecule has 1 aliphatic heterocycles. The maximum atomic E-state index is 6.33. The normalized spacial score (nSPS) is 18.0. The average molecular weight is 478 g/mol. The van der Waals surface area contributed by atoms with Crippen LogP contribution in [0.15, 0.2) is 106 Å². The Morgan fingerprint density at radius 1 is 0.969 bits per heavy atom. The standard InChI is InChI=1S/C25H20ClN3OS2/c26-18-9-11-19(12-10-18)32-22-14-13-21(30-22)24-23(20-8-4-5-15-27-20)28-25(31)29(24)16-17-6-2-1-3-7-17/h1-15,23-24H,16H2,(H,28,31)/t23-,24+/m1/s1. The molecular weight excluding hydrogens is 458 g/mol. The molecule has 4 nitrogen and oxygen atoms in total. The van der Waals surface area contributed by atoms with E-state index in [1.165, 1.54) is 5.56 Å². The maximum Gasteiger partial charge on any atom is 0.170 e. The van der Waals surface area contributed by atoms with E-state index in [4.69, 9.17) is 28.2 Å². The molecule has 1 N–H and O–H groups in total. The highest BCUT2D eigenvalue weighted by Crippen LogP contribution is 2.41. The van der Waals surface area contributed by atoms with Crippen molar-refractivity contribution in [2.24, 2.45) is 0 Å². The van der Waals surface area contributed by atoms with E-state index in [0.717, 1.165) is 26.5 Å². The third-order valence-electron chi connectivity index (χ3n) is 5.32. The largest absolute Gasteiger partial charge is 0.452 e. The number of hydrogen-bond donors (Lipinski definition) is 1. The van der Waals surface area contributed by atoms with Crippen molar-refractivity contribution >= 4 is 40.7 Å². The number of thiocarbonyl (C=S) groups is 1. The van der Waals surface area contributed by atoms with Gasteiger partial charge in [0, 0.05) is 22.7 Å². The van der Waals surface area contributed by atoms with E-state index in [-0.39, 0.29) is 12.1 Å². The Morgan fingerprint density at radius 2 is 1.75 bits per heavy atom. The molecule has 2 aromatic heterocycles. The van der Waals surface area contributed by atoms with Gasteiger partial charge in [0.15, 0.2) is 10.2 Å². The zero-order valence-electron chi connectivity index (χ0n) is 17.0. The minimum atomic E-state index is -0.114. The van der Waals surface area contributed by atoms with Gasteiger partial charge in [0.1, 0.15) is 11.8 Å². The SMILES string of the molecule is S=C1N[C@H](c2ccccn2)[C@H](c2ccc(Sc3ccc(Cl)cc3)o2)N1Cc1ccccc1. The van der Waals surface area contributed by atoms with Gasteiger partial charge in [-0.15, -0.1) is 0 Å². The summed E-state index contributed by atoms with van der Waals surface area (Å²) in [5, 5.41) is 5.70. The third-order valence-corrected chi connectivity index (χ3v) is 6.85. The fourth-order valence-corrected chi connectivity index (χ4v) is 5.04. The Bertz CT molecular complexity index is 1200. The van der Waals surface area contributed by atoms with Crippen LogP contribution in [0, 0.1) is 0 Å². The van der Waals surface area contributed by atoms with Crippen molar-refractivity contribution in [2.45, 2.75) is 28.6 Å². The van der Waals surface area contributed by atoms with Crippen molar-refractivity contribution in [1.29, 1.82) is 0 Å². The van der Waals surface area contributed by atoms with Crippen molar-refractivity contribution in [3.8, 4) is 0 Å². The molecule has 2 atom stereocenters. The molecule has 0 spiro atoms. The van der Waals surface area contributed by atoms with Crippen LogP contribution in [0.4, 0.5) is 0 Å². The molecule has 7 heteroatoms. The fraction of sp³-hybridized carbons (Fsp3) is 0.120. The number of benzene rings is 2. The minimum Gasteiger partial charge on any atom is -0.452 e. The molecule has 0 amide bonds. The lowest BCUT2D eigenvalue weighted by Gasteiger charge is -2.26. The average Bonchev–Trinajstić information content (AvgIpc) is 3.41. The molecule has 0 unspecified atom stereocenters. The summed E-state index contributed by atoms with van der Waals surface area (Å²) in [6.45, 7) is 0.682. The lowest BCUT2D eigenvalue weighted by atomic mass is 10.0. The zero-order valence-corrected chi connectivity index (χ0v) is 19.4. The summed E-state index contributed by atoms with van der Waals surface area (Å²) in [6, 6.07) is 27.8. The second-order valence-electron chi connectivity index (χ2n) is 7.45. The zero-order chi connectivity index (χ0) is 21.9. The maximum absolute atomic E-state index is 6.33. The monoisotopic (exact) mass is 477 g/mol. The summed E-state index contributed by atoms with van der Waals surface area (Å²) in [5.74, 6) is 0.848. The molecule has 3 heterocycles. The highest BCUT2D eigenvalue weighted by Gasteiger charge is 2.41. The Morgan fingerprint density at radius 3 is 2.50 bits per heavy atom. The van der Waals surface area contributed by atoms with Crippen LogP contribution in [0.5, 0.6) is 0 Å². The van der Waals surface area contributed by atoms with Gasteiger partial charge in [0.25, 0.3) is 0 Å². The number of hydrogen-bond acceptors (Lipinski definition) is 4. The van der Waals surface area contributed by atoms with Gasteiger partial charge in [-0.1, -0.05) is 59.8 Å². The van der Waals surface area contributed by atoms with Gasteiger partial charge in [-0.3, -0.25) is 4.98 Å². The number of nitrogens with zero attached hydrogens (tertiary/aromatic N) is 2. The van der Waals surface area contributed by atoms with Crippen molar-refractivity contribution in [1.82, 2.24) is 15.2 Å². The van der Waals surface area contributed by atoms with Gasteiger partial charge in [0.05, 0.1) is 11.7 Å². The molecule has 1 fully saturated rings. The van der Waals surface area contributed by atoms with Crippen molar-refractivity contribution in [3.05, 3.63) is 113 Å². The molecule has 1 aliphatic rings. The molecule has 5 rings (SSSR count). The highest BCUT2D eigenvalue weighted by atomic mass is 35.5. The predicted molar refractivity (Wildman–Crippen MR) is 132 cm³/mol. The van der Waals surface area contributed by atoms with E-state index in [1.807, 2.05) is 72.8 Å². The van der Waals surface area contributed by atoms with Gasteiger partial charge in [-0.25, -0.2) is 0 Å². The van der Waals surface area contributed by atoms with E-state index >= 15 is 0 Å². The molecule has 4 aromatic rings. The van der Waals surface area contributed by atoms with Crippen LogP contribution in [0.3, 0.4) is 0 Å². The lowest BCUT2D eigenvalue weighted by Crippen LogP contribution is -2.28. The molecule has 0 aliphatic carbocycles. The molecule has 0 saturated carbocycles. The molecule has 1 saturated heterocycles. The number of halogens is 1. The summed E-state index contributed by atoms with van der Waals surface area (Å²) >= 11 is 13.3. The second-order valence-corrected chi connectivity index (χ2v) is 9.35. The van der Waals surface area contributed by atoms with Gasteiger partial charge in [-0.2, -0.15) is 0 Å². The smallest absolute Gasteiger partial charge is 0.170 e. The third kappa shape index (κ3) is 4.53. The first kappa shape index (κ1) is 21.1. The van der Waals surface area contributed by atoms with Gasteiger partial charge >= 0.3 is 0 Å². The van der Waals surface area contributed by atoms with E-state index in [0.29, 0.717) is 11.7 Å². The molecule has 160 valence electrons. The van der Waals surface area contributed by atoms with Crippen molar-refractivity contribution in [3.63, 3.8) is 0 Å². The van der Waals surface area contributed by atoms with Crippen LogP contribution >= 0.6 is 35.6 Å². The van der Waals surface area contributed by atoms with Crippen LogP contribution in [0.2, 0.25) is 5.02 Å². The number of aromatic nitrogens is 1. The van der Waals surface area contributed by atoms with Crippen molar-refractivity contribution in [2.75, 3.05) is 0 Å². The van der Waals surface area contributed by atoms with E-state index in [9.17, 15) is 0 Å². The first-order valence-corrected chi connectivity index (χ1v) is 11.8. The summed E-state index contributed by atoms with van der Waals surface area (Å²) < 4.78 is 6.33.